The summed E-state index contributed by atoms with van der Waals surface area (Å²) >= 11 is 1.33. The fourth-order valence-corrected chi connectivity index (χ4v) is 3.57. The Morgan fingerprint density at radius 1 is 1.07 bits per heavy atom. The van der Waals surface area contributed by atoms with Crippen LogP contribution in [0.2, 0.25) is 0 Å². The number of nitrogens with one attached hydrogen (secondary N) is 1. The summed E-state index contributed by atoms with van der Waals surface area (Å²) in [6.45, 7) is 4.18. The van der Waals surface area contributed by atoms with Gasteiger partial charge in [-0.1, -0.05) is 0 Å². The maximum absolute atomic E-state index is 11.3. The van der Waals surface area contributed by atoms with Crippen LogP contribution in [0.5, 0.6) is 0 Å². The van der Waals surface area contributed by atoms with E-state index in [0.29, 0.717) is 51.9 Å². The number of carbonyl (C=O) groups excluding carboxylic acids is 1. The molecule has 6 N–H and O–H groups in total. The topological polar surface area (TPSA) is 153 Å². The first kappa shape index (κ1) is 24.5. The van der Waals surface area contributed by atoms with Crippen molar-refractivity contribution in [1.82, 2.24) is 5.32 Å². The molecule has 1 amide bonds. The summed E-state index contributed by atoms with van der Waals surface area (Å²) in [5, 5.41) is 32.0. The normalized spacial score (nSPS) is 28.3. The highest BCUT2D eigenvalue weighted by Gasteiger charge is 2.44. The molecule has 0 aromatic rings. The molecule has 0 radical (unpaired) electrons. The molecule has 5 atom stereocenters. The standard InChI is InChI=1S/C16H32N2O8S/c1-11(20)18-13-15(22)14(21)12(10-19)26-16(13)27-9-8-25-7-6-24-5-4-23-3-2-17/h12-16,19,21-22H,2-10,17H2,1H3,(H,18,20)/t12-,13-,14+,15-,16-/m1/s1. The first-order chi connectivity index (χ1) is 13.0. The highest BCUT2D eigenvalue weighted by molar-refractivity contribution is 7.99. The van der Waals surface area contributed by atoms with Gasteiger partial charge in [-0.25, -0.2) is 0 Å². The lowest BCUT2D eigenvalue weighted by Gasteiger charge is -2.42. The molecule has 1 fully saturated rings. The molecule has 0 aliphatic carbocycles. The Labute approximate surface area is 163 Å². The Bertz CT molecular complexity index is 407. The van der Waals surface area contributed by atoms with E-state index in [4.69, 9.17) is 24.7 Å². The van der Waals surface area contributed by atoms with Crippen LogP contribution in [0.15, 0.2) is 0 Å². The quantitative estimate of drug-likeness (QED) is 0.196. The molecular weight excluding hydrogens is 380 g/mol. The first-order valence-electron chi connectivity index (χ1n) is 8.95. The van der Waals surface area contributed by atoms with E-state index in [0.717, 1.165) is 0 Å². The third-order valence-electron chi connectivity index (χ3n) is 3.77. The minimum atomic E-state index is -1.27. The molecule has 0 bridgehead atoms. The summed E-state index contributed by atoms with van der Waals surface area (Å²) in [6, 6.07) is -0.776. The summed E-state index contributed by atoms with van der Waals surface area (Å²) in [7, 11) is 0. The number of rotatable bonds is 14. The smallest absolute Gasteiger partial charge is 0.217 e. The zero-order valence-corrected chi connectivity index (χ0v) is 16.4. The van der Waals surface area contributed by atoms with Gasteiger partial charge in [0.15, 0.2) is 0 Å². The molecule has 10 nitrogen and oxygen atoms in total. The zero-order chi connectivity index (χ0) is 20.1. The number of hydrogen-bond donors (Lipinski definition) is 5. The van der Waals surface area contributed by atoms with Crippen LogP contribution in [0.3, 0.4) is 0 Å². The van der Waals surface area contributed by atoms with Gasteiger partial charge in [-0.2, -0.15) is 0 Å². The van der Waals surface area contributed by atoms with Crippen molar-refractivity contribution in [1.29, 1.82) is 0 Å². The van der Waals surface area contributed by atoms with Crippen LogP contribution in [0.1, 0.15) is 6.92 Å². The summed E-state index contributed by atoms with van der Waals surface area (Å²) in [5.74, 6) is 0.202. The van der Waals surface area contributed by atoms with E-state index in [-0.39, 0.29) is 5.91 Å². The molecular formula is C16H32N2O8S. The van der Waals surface area contributed by atoms with Gasteiger partial charge in [-0.05, 0) is 0 Å². The van der Waals surface area contributed by atoms with E-state index < -0.39 is 36.4 Å². The monoisotopic (exact) mass is 412 g/mol. The maximum atomic E-state index is 11.3. The van der Waals surface area contributed by atoms with Crippen molar-refractivity contribution in [3.63, 3.8) is 0 Å². The predicted molar refractivity (Wildman–Crippen MR) is 99.3 cm³/mol. The Balaban J connectivity index is 2.23. The van der Waals surface area contributed by atoms with Crippen molar-refractivity contribution in [2.45, 2.75) is 36.7 Å². The fraction of sp³-hybridized carbons (Fsp3) is 0.938. The van der Waals surface area contributed by atoms with Gasteiger partial charge in [0.25, 0.3) is 0 Å². The van der Waals surface area contributed by atoms with Crippen LogP contribution in [0.4, 0.5) is 0 Å². The van der Waals surface area contributed by atoms with Gasteiger partial charge < -0.3 is 45.3 Å². The lowest BCUT2D eigenvalue weighted by Crippen LogP contribution is -2.63. The summed E-state index contributed by atoms with van der Waals surface area (Å²) in [5.41, 5.74) is 4.69. The number of hydrogen-bond acceptors (Lipinski definition) is 10. The largest absolute Gasteiger partial charge is 0.394 e. The molecule has 0 spiro atoms. The van der Waals surface area contributed by atoms with Crippen LogP contribution in [0, 0.1) is 0 Å². The molecule has 0 aromatic heterocycles. The molecule has 1 aliphatic rings. The number of nitrogens with two attached hydrogens (primary N) is 1. The minimum absolute atomic E-state index is 0.341. The molecule has 11 heteroatoms. The van der Waals surface area contributed by atoms with Crippen LogP contribution in [-0.2, 0) is 23.7 Å². The predicted octanol–water partition coefficient (Wildman–Crippen LogP) is -2.33. The van der Waals surface area contributed by atoms with Gasteiger partial charge in [0, 0.05) is 19.2 Å². The minimum Gasteiger partial charge on any atom is -0.394 e. The van der Waals surface area contributed by atoms with Crippen molar-refractivity contribution >= 4 is 17.7 Å². The van der Waals surface area contributed by atoms with Crippen LogP contribution < -0.4 is 11.1 Å². The maximum Gasteiger partial charge on any atom is 0.217 e. The summed E-state index contributed by atoms with van der Waals surface area (Å²) in [4.78, 5) is 11.3. The molecule has 27 heavy (non-hydrogen) atoms. The van der Waals surface area contributed by atoms with E-state index in [1.807, 2.05) is 0 Å². The molecule has 1 aliphatic heterocycles. The molecule has 160 valence electrons. The lowest BCUT2D eigenvalue weighted by molar-refractivity contribution is -0.173. The van der Waals surface area contributed by atoms with Crippen molar-refractivity contribution in [3.05, 3.63) is 0 Å². The number of amides is 1. The number of aliphatic hydroxyl groups is 3. The molecule has 1 heterocycles. The van der Waals surface area contributed by atoms with E-state index in [9.17, 15) is 20.1 Å². The molecule has 0 saturated carbocycles. The first-order valence-corrected chi connectivity index (χ1v) is 10.0. The number of ether oxygens (including phenoxy) is 4. The molecule has 1 rings (SSSR count). The van der Waals surface area contributed by atoms with Gasteiger partial charge in [0.05, 0.1) is 52.3 Å². The summed E-state index contributed by atoms with van der Waals surface area (Å²) in [6.07, 6.45) is -3.41. The average Bonchev–Trinajstić information content (AvgIpc) is 2.64. The SMILES string of the molecule is CC(=O)N[C@@H]1[C@@H](O)[C@@H](O)[C@@H](CO)O[C@@H]1SCCOCCOCCOCCN. The van der Waals surface area contributed by atoms with Gasteiger partial charge in [0.2, 0.25) is 5.91 Å². The third kappa shape index (κ3) is 9.50. The third-order valence-corrected chi connectivity index (χ3v) is 4.90. The Kier molecular flexibility index (Phi) is 13.2. The van der Waals surface area contributed by atoms with Crippen molar-refractivity contribution < 1.29 is 39.1 Å². The van der Waals surface area contributed by atoms with Crippen molar-refractivity contribution in [2.75, 3.05) is 58.5 Å². The lowest BCUT2D eigenvalue weighted by atomic mass is 9.98. The fourth-order valence-electron chi connectivity index (χ4n) is 2.46. The van der Waals surface area contributed by atoms with Gasteiger partial charge in [-0.15, -0.1) is 11.8 Å². The van der Waals surface area contributed by atoms with Crippen LogP contribution in [0.25, 0.3) is 0 Å². The van der Waals surface area contributed by atoms with Crippen LogP contribution >= 0.6 is 11.8 Å². The van der Waals surface area contributed by atoms with E-state index >= 15 is 0 Å². The van der Waals surface area contributed by atoms with Crippen LogP contribution in [-0.4, -0.2) is 110 Å². The summed E-state index contributed by atoms with van der Waals surface area (Å²) < 4.78 is 21.6. The number of aliphatic hydroxyl groups excluding tert-OH is 3. The van der Waals surface area contributed by atoms with Crippen molar-refractivity contribution in [3.8, 4) is 0 Å². The Hall–Kier alpha value is -0.500. The van der Waals surface area contributed by atoms with Crippen molar-refractivity contribution in [2.24, 2.45) is 5.73 Å². The number of carbonyl (C=O) groups is 1. The second kappa shape index (κ2) is 14.5. The average molecular weight is 413 g/mol. The van der Waals surface area contributed by atoms with E-state index in [2.05, 4.69) is 5.32 Å². The van der Waals surface area contributed by atoms with E-state index in [1.54, 1.807) is 0 Å². The molecule has 0 unspecified atom stereocenters. The highest BCUT2D eigenvalue weighted by Crippen LogP contribution is 2.28. The van der Waals surface area contributed by atoms with E-state index in [1.165, 1.54) is 18.7 Å². The number of thioether (sulfide) groups is 1. The highest BCUT2D eigenvalue weighted by atomic mass is 32.2. The second-order valence-electron chi connectivity index (χ2n) is 5.93. The second-order valence-corrected chi connectivity index (χ2v) is 7.14. The molecule has 1 saturated heterocycles. The van der Waals surface area contributed by atoms with Gasteiger partial charge in [-0.3, -0.25) is 4.79 Å². The Morgan fingerprint density at radius 3 is 2.22 bits per heavy atom. The molecule has 0 aromatic carbocycles. The Morgan fingerprint density at radius 2 is 1.67 bits per heavy atom. The van der Waals surface area contributed by atoms with Gasteiger partial charge >= 0.3 is 0 Å². The van der Waals surface area contributed by atoms with Gasteiger partial charge in [0.1, 0.15) is 23.7 Å². The zero-order valence-electron chi connectivity index (χ0n) is 15.6.